The average molecular weight is 303 g/mol. The third-order valence-electron chi connectivity index (χ3n) is 3.80. The summed E-state index contributed by atoms with van der Waals surface area (Å²) >= 11 is 0. The molecule has 6 heteroatoms. The predicted molar refractivity (Wildman–Crippen MR) is 82.3 cm³/mol. The molecular weight excluding hydrogens is 285 g/mol. The highest BCUT2D eigenvalue weighted by atomic mass is 19.1. The van der Waals surface area contributed by atoms with Gasteiger partial charge in [-0.15, -0.1) is 0 Å². The van der Waals surface area contributed by atoms with E-state index in [1.165, 1.54) is 12.1 Å². The number of anilines is 1. The fraction of sp³-hybridized carbons (Fsp3) is 0.250. The van der Waals surface area contributed by atoms with Gasteiger partial charge in [0.1, 0.15) is 17.7 Å². The monoisotopic (exact) mass is 303 g/mol. The zero-order valence-corrected chi connectivity index (χ0v) is 12.0. The Labute approximate surface area is 127 Å². The molecule has 5 nitrogen and oxygen atoms in total. The van der Waals surface area contributed by atoms with E-state index in [2.05, 4.69) is 16.2 Å². The van der Waals surface area contributed by atoms with Crippen molar-refractivity contribution in [2.24, 2.45) is 0 Å². The molecule has 0 saturated carbocycles. The van der Waals surface area contributed by atoms with E-state index in [9.17, 15) is 14.6 Å². The number of alkyl halides is 1. The number of aromatic hydroxyl groups is 2. The molecule has 1 aliphatic rings. The Morgan fingerprint density at radius 1 is 1.00 bits per heavy atom. The van der Waals surface area contributed by atoms with Crippen LogP contribution >= 0.6 is 0 Å². The van der Waals surface area contributed by atoms with Crippen molar-refractivity contribution < 1.29 is 14.6 Å². The standard InChI is InChI=1S/C16H18FN3O2/c1-9-8-12(22)6-7-13(9)18-16-14(17)15(19-20-16)10-2-4-11(21)5-3-10/h2-8,14-16,18-22H,1H3. The minimum Gasteiger partial charge on any atom is -0.508 e. The number of hydrazine groups is 1. The fourth-order valence-corrected chi connectivity index (χ4v) is 2.57. The van der Waals surface area contributed by atoms with Gasteiger partial charge in [-0.3, -0.25) is 0 Å². The molecule has 1 aliphatic heterocycles. The van der Waals surface area contributed by atoms with E-state index in [0.29, 0.717) is 0 Å². The topological polar surface area (TPSA) is 76.5 Å². The summed E-state index contributed by atoms with van der Waals surface area (Å²) in [5, 5.41) is 21.8. The van der Waals surface area contributed by atoms with E-state index in [1.54, 1.807) is 30.3 Å². The molecule has 22 heavy (non-hydrogen) atoms. The Bertz CT molecular complexity index is 663. The number of hydrogen-bond acceptors (Lipinski definition) is 5. The SMILES string of the molecule is Cc1cc(O)ccc1NC1NNC(c2ccc(O)cc2)C1F. The second-order valence-electron chi connectivity index (χ2n) is 5.42. The van der Waals surface area contributed by atoms with Gasteiger partial charge in [0, 0.05) is 5.69 Å². The van der Waals surface area contributed by atoms with Crippen molar-refractivity contribution in [2.75, 3.05) is 5.32 Å². The first-order chi connectivity index (χ1) is 10.5. The van der Waals surface area contributed by atoms with E-state index >= 15 is 0 Å². The van der Waals surface area contributed by atoms with Gasteiger partial charge in [0.2, 0.25) is 0 Å². The number of hydrogen-bond donors (Lipinski definition) is 5. The molecule has 3 rings (SSSR count). The van der Waals surface area contributed by atoms with Crippen LogP contribution < -0.4 is 16.2 Å². The summed E-state index contributed by atoms with van der Waals surface area (Å²) < 4.78 is 14.6. The molecule has 0 bridgehead atoms. The van der Waals surface area contributed by atoms with Crippen molar-refractivity contribution in [2.45, 2.75) is 25.3 Å². The number of rotatable bonds is 3. The highest BCUT2D eigenvalue weighted by Gasteiger charge is 2.37. The number of benzene rings is 2. The number of halogens is 1. The molecule has 0 spiro atoms. The molecule has 116 valence electrons. The van der Waals surface area contributed by atoms with Crippen LogP contribution in [0.2, 0.25) is 0 Å². The summed E-state index contributed by atoms with van der Waals surface area (Å²) in [4.78, 5) is 0. The smallest absolute Gasteiger partial charge is 0.155 e. The van der Waals surface area contributed by atoms with Crippen molar-refractivity contribution in [3.63, 3.8) is 0 Å². The summed E-state index contributed by atoms with van der Waals surface area (Å²) in [5.41, 5.74) is 8.17. The van der Waals surface area contributed by atoms with Crippen LogP contribution in [-0.4, -0.2) is 22.6 Å². The predicted octanol–water partition coefficient (Wildman–Crippen LogP) is 2.33. The average Bonchev–Trinajstić information content (AvgIpc) is 2.84. The van der Waals surface area contributed by atoms with Gasteiger partial charge in [-0.1, -0.05) is 12.1 Å². The van der Waals surface area contributed by atoms with Gasteiger partial charge in [-0.25, -0.2) is 15.2 Å². The summed E-state index contributed by atoms with van der Waals surface area (Å²) in [5.74, 6) is 0.332. The molecule has 3 atom stereocenters. The molecule has 1 fully saturated rings. The Morgan fingerprint density at radius 2 is 1.68 bits per heavy atom. The lowest BCUT2D eigenvalue weighted by Gasteiger charge is -2.19. The van der Waals surface area contributed by atoms with Crippen LogP contribution in [-0.2, 0) is 0 Å². The first-order valence-electron chi connectivity index (χ1n) is 7.05. The number of phenols is 2. The van der Waals surface area contributed by atoms with Gasteiger partial charge < -0.3 is 15.5 Å². The second kappa shape index (κ2) is 5.82. The normalized spacial score (nSPS) is 24.4. The lowest BCUT2D eigenvalue weighted by Crippen LogP contribution is -2.39. The van der Waals surface area contributed by atoms with Crippen molar-refractivity contribution in [1.82, 2.24) is 10.9 Å². The molecule has 2 aromatic rings. The Balaban J connectivity index is 1.73. The van der Waals surface area contributed by atoms with Gasteiger partial charge in [-0.05, 0) is 48.4 Å². The molecule has 1 saturated heterocycles. The maximum Gasteiger partial charge on any atom is 0.155 e. The minimum absolute atomic E-state index is 0.152. The lowest BCUT2D eigenvalue weighted by molar-refractivity contribution is 0.288. The minimum atomic E-state index is -1.20. The summed E-state index contributed by atoms with van der Waals surface area (Å²) in [6, 6.07) is 10.8. The Morgan fingerprint density at radius 3 is 2.36 bits per heavy atom. The molecule has 0 aromatic heterocycles. The van der Waals surface area contributed by atoms with E-state index in [4.69, 9.17) is 0 Å². The first-order valence-corrected chi connectivity index (χ1v) is 7.05. The van der Waals surface area contributed by atoms with Crippen LogP contribution in [0.3, 0.4) is 0 Å². The molecular formula is C16H18FN3O2. The molecule has 3 unspecified atom stereocenters. The van der Waals surface area contributed by atoms with Crippen LogP contribution in [0.25, 0.3) is 0 Å². The third-order valence-corrected chi connectivity index (χ3v) is 3.80. The third kappa shape index (κ3) is 2.84. The molecule has 0 radical (unpaired) electrons. The maximum absolute atomic E-state index is 14.6. The van der Waals surface area contributed by atoms with Gasteiger partial charge >= 0.3 is 0 Å². The maximum atomic E-state index is 14.6. The summed E-state index contributed by atoms with van der Waals surface area (Å²) in [6.45, 7) is 1.84. The van der Waals surface area contributed by atoms with Crippen LogP contribution in [0.1, 0.15) is 17.2 Å². The first kappa shape index (κ1) is 14.6. The molecule has 0 aliphatic carbocycles. The molecule has 5 N–H and O–H groups in total. The molecule has 0 amide bonds. The zero-order valence-electron chi connectivity index (χ0n) is 12.0. The van der Waals surface area contributed by atoms with E-state index in [-0.39, 0.29) is 11.5 Å². The summed E-state index contributed by atoms with van der Waals surface area (Å²) in [6.07, 6.45) is -1.79. The Hall–Kier alpha value is -2.31. The van der Waals surface area contributed by atoms with Gasteiger partial charge in [0.05, 0.1) is 6.04 Å². The number of nitrogens with one attached hydrogen (secondary N) is 3. The van der Waals surface area contributed by atoms with Crippen LogP contribution in [0.15, 0.2) is 42.5 Å². The highest BCUT2D eigenvalue weighted by molar-refractivity contribution is 5.54. The van der Waals surface area contributed by atoms with E-state index in [1.807, 2.05) is 6.92 Å². The van der Waals surface area contributed by atoms with Crippen molar-refractivity contribution >= 4 is 5.69 Å². The summed E-state index contributed by atoms with van der Waals surface area (Å²) in [7, 11) is 0. The van der Waals surface area contributed by atoms with Crippen LogP contribution in [0, 0.1) is 6.92 Å². The van der Waals surface area contributed by atoms with E-state index < -0.39 is 18.4 Å². The van der Waals surface area contributed by atoms with Crippen LogP contribution in [0.4, 0.5) is 10.1 Å². The Kier molecular flexibility index (Phi) is 3.87. The highest BCUT2D eigenvalue weighted by Crippen LogP contribution is 2.29. The largest absolute Gasteiger partial charge is 0.508 e. The molecule has 1 heterocycles. The fourth-order valence-electron chi connectivity index (χ4n) is 2.57. The quantitative estimate of drug-likeness (QED) is 0.563. The van der Waals surface area contributed by atoms with Gasteiger partial charge in [-0.2, -0.15) is 0 Å². The van der Waals surface area contributed by atoms with Gasteiger partial charge in [0.25, 0.3) is 0 Å². The van der Waals surface area contributed by atoms with Crippen molar-refractivity contribution in [3.8, 4) is 11.5 Å². The number of phenolic OH excluding ortho intramolecular Hbond substituents is 2. The zero-order chi connectivity index (χ0) is 15.7. The van der Waals surface area contributed by atoms with Crippen LogP contribution in [0.5, 0.6) is 11.5 Å². The van der Waals surface area contributed by atoms with E-state index in [0.717, 1.165) is 16.8 Å². The molecule has 2 aromatic carbocycles. The number of aryl methyl sites for hydroxylation is 1. The van der Waals surface area contributed by atoms with Gasteiger partial charge in [0.15, 0.2) is 6.17 Å². The lowest BCUT2D eigenvalue weighted by atomic mass is 10.0. The van der Waals surface area contributed by atoms with Crippen molar-refractivity contribution in [3.05, 3.63) is 53.6 Å². The second-order valence-corrected chi connectivity index (χ2v) is 5.42. The van der Waals surface area contributed by atoms with Crippen molar-refractivity contribution in [1.29, 1.82) is 0 Å².